The van der Waals surface area contributed by atoms with Gasteiger partial charge in [-0.25, -0.2) is 0 Å². The molecule has 0 atom stereocenters. The van der Waals surface area contributed by atoms with Gasteiger partial charge in [0, 0.05) is 13.5 Å². The number of esters is 1. The highest BCUT2D eigenvalue weighted by molar-refractivity contribution is 5.66. The maximum atomic E-state index is 10.6. The lowest BCUT2D eigenvalue weighted by molar-refractivity contribution is -0.148. The molecule has 1 fully saturated rings. The topological polar surface area (TPSA) is 46.5 Å². The fourth-order valence-corrected chi connectivity index (χ4v) is 1.67. The van der Waals surface area contributed by atoms with Crippen LogP contribution < -0.4 is 0 Å². The Morgan fingerprint density at radius 3 is 2.42 bits per heavy atom. The molecule has 3 heteroatoms. The van der Waals surface area contributed by atoms with Gasteiger partial charge < -0.3 is 9.84 Å². The molecular formula is C9H16O3. The molecule has 1 aliphatic carbocycles. The molecule has 0 saturated heterocycles. The number of rotatable bonds is 2. The van der Waals surface area contributed by atoms with Crippen molar-refractivity contribution in [2.75, 3.05) is 6.61 Å². The van der Waals surface area contributed by atoms with E-state index in [9.17, 15) is 4.79 Å². The van der Waals surface area contributed by atoms with Gasteiger partial charge in [-0.15, -0.1) is 0 Å². The molecule has 1 N–H and O–H groups in total. The van der Waals surface area contributed by atoms with Gasteiger partial charge in [0.25, 0.3) is 0 Å². The van der Waals surface area contributed by atoms with E-state index in [1.807, 2.05) is 0 Å². The van der Waals surface area contributed by atoms with E-state index in [1.165, 1.54) is 6.92 Å². The van der Waals surface area contributed by atoms with Gasteiger partial charge in [0.2, 0.25) is 0 Å². The van der Waals surface area contributed by atoms with Crippen LogP contribution in [0.2, 0.25) is 0 Å². The van der Waals surface area contributed by atoms with Crippen LogP contribution in [-0.2, 0) is 9.53 Å². The molecule has 1 rings (SSSR count). The van der Waals surface area contributed by atoms with Crippen LogP contribution in [0.1, 0.15) is 32.6 Å². The minimum atomic E-state index is -0.192. The zero-order chi connectivity index (χ0) is 8.97. The van der Waals surface area contributed by atoms with Crippen molar-refractivity contribution in [2.24, 2.45) is 5.92 Å². The Morgan fingerprint density at radius 1 is 1.42 bits per heavy atom. The molecule has 1 aliphatic rings. The quantitative estimate of drug-likeness (QED) is 0.634. The number of aliphatic hydroxyl groups is 1. The van der Waals surface area contributed by atoms with Crippen LogP contribution in [0.4, 0.5) is 0 Å². The lowest BCUT2D eigenvalue weighted by Crippen LogP contribution is -2.24. The molecule has 0 aromatic heterocycles. The average molecular weight is 172 g/mol. The first-order valence-corrected chi connectivity index (χ1v) is 4.50. The Hall–Kier alpha value is -0.570. The van der Waals surface area contributed by atoms with E-state index < -0.39 is 0 Å². The van der Waals surface area contributed by atoms with Crippen LogP contribution in [0.15, 0.2) is 0 Å². The van der Waals surface area contributed by atoms with Crippen molar-refractivity contribution in [1.82, 2.24) is 0 Å². The number of ether oxygens (including phenoxy) is 1. The molecule has 12 heavy (non-hydrogen) atoms. The zero-order valence-electron chi connectivity index (χ0n) is 7.45. The van der Waals surface area contributed by atoms with Gasteiger partial charge >= 0.3 is 5.97 Å². The highest BCUT2D eigenvalue weighted by Crippen LogP contribution is 2.25. The lowest BCUT2D eigenvalue weighted by Gasteiger charge is -2.26. The van der Waals surface area contributed by atoms with Crippen molar-refractivity contribution in [2.45, 2.75) is 38.7 Å². The van der Waals surface area contributed by atoms with Crippen molar-refractivity contribution in [3.05, 3.63) is 0 Å². The molecule has 0 bridgehead atoms. The molecule has 0 heterocycles. The minimum absolute atomic E-state index is 0.102. The SMILES string of the molecule is CC(=O)OC1CCC(CO)CC1. The first-order chi connectivity index (χ1) is 5.72. The Morgan fingerprint density at radius 2 is 2.00 bits per heavy atom. The van der Waals surface area contributed by atoms with Crippen LogP contribution in [0, 0.1) is 5.92 Å². The van der Waals surface area contributed by atoms with E-state index >= 15 is 0 Å². The summed E-state index contributed by atoms with van der Waals surface area (Å²) in [7, 11) is 0. The van der Waals surface area contributed by atoms with E-state index in [0.29, 0.717) is 5.92 Å². The number of hydrogen-bond acceptors (Lipinski definition) is 3. The highest BCUT2D eigenvalue weighted by atomic mass is 16.5. The summed E-state index contributed by atoms with van der Waals surface area (Å²) in [4.78, 5) is 10.6. The van der Waals surface area contributed by atoms with Crippen LogP contribution in [0.25, 0.3) is 0 Å². The lowest BCUT2D eigenvalue weighted by atomic mass is 9.88. The minimum Gasteiger partial charge on any atom is -0.463 e. The Labute approximate surface area is 72.7 Å². The van der Waals surface area contributed by atoms with Gasteiger partial charge in [-0.3, -0.25) is 4.79 Å². The van der Waals surface area contributed by atoms with Gasteiger partial charge in [0.1, 0.15) is 6.10 Å². The van der Waals surface area contributed by atoms with E-state index in [-0.39, 0.29) is 18.7 Å². The highest BCUT2D eigenvalue weighted by Gasteiger charge is 2.22. The average Bonchev–Trinajstić information content (AvgIpc) is 2.05. The second-order valence-corrected chi connectivity index (χ2v) is 3.43. The van der Waals surface area contributed by atoms with Gasteiger partial charge in [0.05, 0.1) is 0 Å². The first kappa shape index (κ1) is 9.52. The summed E-state index contributed by atoms with van der Waals surface area (Å²) in [6, 6.07) is 0. The van der Waals surface area contributed by atoms with Crippen molar-refractivity contribution >= 4 is 5.97 Å². The fraction of sp³-hybridized carbons (Fsp3) is 0.889. The molecule has 0 spiro atoms. The molecule has 3 nitrogen and oxygen atoms in total. The fourth-order valence-electron chi connectivity index (χ4n) is 1.67. The molecule has 0 aliphatic heterocycles. The van der Waals surface area contributed by atoms with E-state index in [4.69, 9.17) is 9.84 Å². The third kappa shape index (κ3) is 2.81. The number of hydrogen-bond donors (Lipinski definition) is 1. The molecule has 0 amide bonds. The summed E-state index contributed by atoms with van der Waals surface area (Å²) < 4.78 is 5.06. The van der Waals surface area contributed by atoms with Gasteiger partial charge in [-0.05, 0) is 31.6 Å². The van der Waals surface area contributed by atoms with Gasteiger partial charge in [-0.2, -0.15) is 0 Å². The summed E-state index contributed by atoms with van der Waals surface area (Å²) in [5.41, 5.74) is 0. The molecular weight excluding hydrogens is 156 g/mol. The molecule has 70 valence electrons. The van der Waals surface area contributed by atoms with Crippen molar-refractivity contribution in [1.29, 1.82) is 0 Å². The molecule has 0 aromatic carbocycles. The second-order valence-electron chi connectivity index (χ2n) is 3.43. The molecule has 1 saturated carbocycles. The van der Waals surface area contributed by atoms with Gasteiger partial charge in [0.15, 0.2) is 0 Å². The number of carbonyl (C=O) groups is 1. The standard InChI is InChI=1S/C9H16O3/c1-7(11)12-9-4-2-8(6-10)3-5-9/h8-10H,2-6H2,1H3. The summed E-state index contributed by atoms with van der Waals surface area (Å²) >= 11 is 0. The summed E-state index contributed by atoms with van der Waals surface area (Å²) in [5.74, 6) is 0.235. The summed E-state index contributed by atoms with van der Waals surface area (Å²) in [6.45, 7) is 1.71. The third-order valence-corrected chi connectivity index (χ3v) is 2.38. The Kier molecular flexibility index (Phi) is 3.53. The third-order valence-electron chi connectivity index (χ3n) is 2.38. The van der Waals surface area contributed by atoms with Gasteiger partial charge in [-0.1, -0.05) is 0 Å². The normalized spacial score (nSPS) is 29.8. The van der Waals surface area contributed by atoms with Crippen molar-refractivity contribution in [3.8, 4) is 0 Å². The summed E-state index contributed by atoms with van der Waals surface area (Å²) in [5, 5.41) is 8.85. The van der Waals surface area contributed by atoms with E-state index in [1.54, 1.807) is 0 Å². The van der Waals surface area contributed by atoms with Crippen LogP contribution in [0.5, 0.6) is 0 Å². The first-order valence-electron chi connectivity index (χ1n) is 4.50. The summed E-state index contributed by atoms with van der Waals surface area (Å²) in [6.07, 6.45) is 3.88. The zero-order valence-corrected chi connectivity index (χ0v) is 7.45. The van der Waals surface area contributed by atoms with Crippen LogP contribution in [-0.4, -0.2) is 23.8 Å². The maximum absolute atomic E-state index is 10.6. The molecule has 0 unspecified atom stereocenters. The predicted octanol–water partition coefficient (Wildman–Crippen LogP) is 1.10. The monoisotopic (exact) mass is 172 g/mol. The smallest absolute Gasteiger partial charge is 0.302 e. The van der Waals surface area contributed by atoms with Crippen molar-refractivity contribution < 1.29 is 14.6 Å². The number of carbonyl (C=O) groups excluding carboxylic acids is 1. The molecule has 0 aromatic rings. The van der Waals surface area contributed by atoms with Crippen LogP contribution >= 0.6 is 0 Å². The largest absolute Gasteiger partial charge is 0.463 e. The molecule has 0 radical (unpaired) electrons. The van der Waals surface area contributed by atoms with Crippen LogP contribution in [0.3, 0.4) is 0 Å². The Balaban J connectivity index is 2.21. The van der Waals surface area contributed by atoms with Crippen molar-refractivity contribution in [3.63, 3.8) is 0 Å². The van der Waals surface area contributed by atoms with E-state index in [0.717, 1.165) is 25.7 Å². The Bertz CT molecular complexity index is 148. The van der Waals surface area contributed by atoms with E-state index in [2.05, 4.69) is 0 Å². The maximum Gasteiger partial charge on any atom is 0.302 e. The number of aliphatic hydroxyl groups excluding tert-OH is 1. The predicted molar refractivity (Wildman–Crippen MR) is 44.6 cm³/mol. The second kappa shape index (κ2) is 4.45.